The van der Waals surface area contributed by atoms with E-state index >= 15 is 0 Å². The molecule has 0 saturated carbocycles. The summed E-state index contributed by atoms with van der Waals surface area (Å²) < 4.78 is 0. The number of hydrogen-bond acceptors (Lipinski definition) is 2. The minimum atomic E-state index is 0.159. The fourth-order valence-electron chi connectivity index (χ4n) is 1.97. The first-order valence-corrected chi connectivity index (χ1v) is 5.93. The molecule has 0 unspecified atom stereocenters. The molecule has 0 fully saturated rings. The van der Waals surface area contributed by atoms with Crippen molar-refractivity contribution in [2.75, 3.05) is 18.8 Å². The summed E-state index contributed by atoms with van der Waals surface area (Å²) in [6.45, 7) is 3.67. The summed E-state index contributed by atoms with van der Waals surface area (Å²) in [4.78, 5) is 14.0. The SMILES string of the molecule is CC1=CCN(C(=O)Cc2ccccc2N)CC1. The predicted molar refractivity (Wildman–Crippen MR) is 69.5 cm³/mol. The van der Waals surface area contributed by atoms with E-state index in [0.717, 1.165) is 25.1 Å². The zero-order valence-corrected chi connectivity index (χ0v) is 10.1. The Balaban J connectivity index is 2.01. The highest BCUT2D eigenvalue weighted by Crippen LogP contribution is 2.15. The van der Waals surface area contributed by atoms with Crippen LogP contribution in [0.4, 0.5) is 5.69 Å². The van der Waals surface area contributed by atoms with Gasteiger partial charge in [0.25, 0.3) is 0 Å². The number of nitrogens with zero attached hydrogens (tertiary/aromatic N) is 1. The standard InChI is InChI=1S/C14H18N2O/c1-11-6-8-16(9-7-11)14(17)10-12-4-2-3-5-13(12)15/h2-6H,7-10,15H2,1H3. The number of carbonyl (C=O) groups excluding carboxylic acids is 1. The van der Waals surface area contributed by atoms with E-state index in [1.807, 2.05) is 29.2 Å². The molecule has 0 aliphatic carbocycles. The average molecular weight is 230 g/mol. The predicted octanol–water partition coefficient (Wildman–Crippen LogP) is 1.99. The summed E-state index contributed by atoms with van der Waals surface area (Å²) in [6.07, 6.45) is 3.51. The molecule has 0 saturated heterocycles. The molecule has 1 aromatic rings. The molecule has 0 spiro atoms. The first-order chi connectivity index (χ1) is 8.16. The number of rotatable bonds is 2. The van der Waals surface area contributed by atoms with Crippen LogP contribution < -0.4 is 5.73 Å². The Hall–Kier alpha value is -1.77. The molecule has 3 heteroatoms. The fourth-order valence-corrected chi connectivity index (χ4v) is 1.97. The largest absolute Gasteiger partial charge is 0.398 e. The highest BCUT2D eigenvalue weighted by molar-refractivity contribution is 5.80. The second kappa shape index (κ2) is 5.04. The molecule has 0 aromatic heterocycles. The van der Waals surface area contributed by atoms with Gasteiger partial charge in [0, 0.05) is 18.8 Å². The fraction of sp³-hybridized carbons (Fsp3) is 0.357. The number of carbonyl (C=O) groups is 1. The van der Waals surface area contributed by atoms with Crippen molar-refractivity contribution >= 4 is 11.6 Å². The number of nitrogen functional groups attached to an aromatic ring is 1. The van der Waals surface area contributed by atoms with E-state index in [9.17, 15) is 4.79 Å². The summed E-state index contributed by atoms with van der Waals surface area (Å²) in [5.41, 5.74) is 8.83. The van der Waals surface area contributed by atoms with Gasteiger partial charge in [0.2, 0.25) is 5.91 Å². The van der Waals surface area contributed by atoms with E-state index in [-0.39, 0.29) is 5.91 Å². The van der Waals surface area contributed by atoms with E-state index < -0.39 is 0 Å². The highest BCUT2D eigenvalue weighted by atomic mass is 16.2. The molecule has 1 heterocycles. The van der Waals surface area contributed by atoms with Crippen LogP contribution >= 0.6 is 0 Å². The molecule has 3 nitrogen and oxygen atoms in total. The van der Waals surface area contributed by atoms with Crippen LogP contribution in [0.2, 0.25) is 0 Å². The lowest BCUT2D eigenvalue weighted by atomic mass is 10.1. The third kappa shape index (κ3) is 2.87. The second-order valence-corrected chi connectivity index (χ2v) is 4.52. The van der Waals surface area contributed by atoms with E-state index in [0.29, 0.717) is 12.1 Å². The zero-order chi connectivity index (χ0) is 12.3. The Bertz CT molecular complexity index is 451. The van der Waals surface area contributed by atoms with Gasteiger partial charge in [0.1, 0.15) is 0 Å². The third-order valence-electron chi connectivity index (χ3n) is 3.19. The van der Waals surface area contributed by atoms with E-state index in [1.165, 1.54) is 5.57 Å². The summed E-state index contributed by atoms with van der Waals surface area (Å²) in [7, 11) is 0. The Morgan fingerprint density at radius 2 is 2.18 bits per heavy atom. The van der Waals surface area contributed by atoms with Crippen LogP contribution in [0.25, 0.3) is 0 Å². The van der Waals surface area contributed by atoms with Gasteiger partial charge in [-0.25, -0.2) is 0 Å². The lowest BCUT2D eigenvalue weighted by Crippen LogP contribution is -2.35. The lowest BCUT2D eigenvalue weighted by molar-refractivity contribution is -0.130. The molecule has 90 valence electrons. The molecular weight excluding hydrogens is 212 g/mol. The summed E-state index contributed by atoms with van der Waals surface area (Å²) in [5, 5.41) is 0. The van der Waals surface area contributed by atoms with Gasteiger partial charge in [-0.2, -0.15) is 0 Å². The van der Waals surface area contributed by atoms with Crippen molar-refractivity contribution < 1.29 is 4.79 Å². The number of nitrogens with two attached hydrogens (primary N) is 1. The Labute approximate surface area is 102 Å². The molecule has 1 aliphatic rings. The van der Waals surface area contributed by atoms with Gasteiger partial charge in [0.05, 0.1) is 6.42 Å². The Kier molecular flexibility index (Phi) is 3.47. The van der Waals surface area contributed by atoms with Crippen LogP contribution in [-0.2, 0) is 11.2 Å². The van der Waals surface area contributed by atoms with E-state index in [1.54, 1.807) is 0 Å². The minimum absolute atomic E-state index is 0.159. The summed E-state index contributed by atoms with van der Waals surface area (Å²) in [5.74, 6) is 0.159. The first kappa shape index (κ1) is 11.7. The van der Waals surface area contributed by atoms with E-state index in [4.69, 9.17) is 5.73 Å². The molecule has 2 N–H and O–H groups in total. The van der Waals surface area contributed by atoms with Crippen LogP contribution in [0.5, 0.6) is 0 Å². The van der Waals surface area contributed by atoms with Gasteiger partial charge >= 0.3 is 0 Å². The molecule has 0 bridgehead atoms. The summed E-state index contributed by atoms with van der Waals surface area (Å²) in [6, 6.07) is 7.55. The number of hydrogen-bond donors (Lipinski definition) is 1. The first-order valence-electron chi connectivity index (χ1n) is 5.93. The van der Waals surface area contributed by atoms with Crippen LogP contribution in [0.1, 0.15) is 18.9 Å². The van der Waals surface area contributed by atoms with Gasteiger partial charge in [-0.1, -0.05) is 29.8 Å². The maximum absolute atomic E-state index is 12.1. The third-order valence-corrected chi connectivity index (χ3v) is 3.19. The van der Waals surface area contributed by atoms with Crippen molar-refractivity contribution in [3.63, 3.8) is 0 Å². The van der Waals surface area contributed by atoms with Crippen molar-refractivity contribution in [3.8, 4) is 0 Å². The van der Waals surface area contributed by atoms with Gasteiger partial charge in [-0.15, -0.1) is 0 Å². The van der Waals surface area contributed by atoms with Crippen LogP contribution in [0.15, 0.2) is 35.9 Å². The van der Waals surface area contributed by atoms with Gasteiger partial charge < -0.3 is 10.6 Å². The second-order valence-electron chi connectivity index (χ2n) is 4.52. The number of benzene rings is 1. The summed E-state index contributed by atoms with van der Waals surface area (Å²) >= 11 is 0. The quantitative estimate of drug-likeness (QED) is 0.624. The maximum Gasteiger partial charge on any atom is 0.227 e. The van der Waals surface area contributed by atoms with Gasteiger partial charge in [0.15, 0.2) is 0 Å². The molecular formula is C14H18N2O. The molecule has 0 radical (unpaired) electrons. The average Bonchev–Trinajstić information content (AvgIpc) is 2.33. The number of amides is 1. The number of para-hydroxylation sites is 1. The van der Waals surface area contributed by atoms with Crippen molar-refractivity contribution in [2.24, 2.45) is 0 Å². The molecule has 2 rings (SSSR count). The van der Waals surface area contributed by atoms with Crippen LogP contribution in [-0.4, -0.2) is 23.9 Å². The van der Waals surface area contributed by atoms with E-state index in [2.05, 4.69) is 13.0 Å². The normalized spacial score (nSPS) is 15.6. The maximum atomic E-state index is 12.1. The molecule has 1 aliphatic heterocycles. The highest BCUT2D eigenvalue weighted by Gasteiger charge is 2.16. The number of anilines is 1. The molecule has 0 atom stereocenters. The topological polar surface area (TPSA) is 46.3 Å². The molecule has 1 amide bonds. The lowest BCUT2D eigenvalue weighted by Gasteiger charge is -2.25. The van der Waals surface area contributed by atoms with Crippen LogP contribution in [0, 0.1) is 0 Å². The minimum Gasteiger partial charge on any atom is -0.398 e. The molecule has 1 aromatic carbocycles. The van der Waals surface area contributed by atoms with Crippen molar-refractivity contribution in [2.45, 2.75) is 19.8 Å². The molecule has 17 heavy (non-hydrogen) atoms. The zero-order valence-electron chi connectivity index (χ0n) is 10.1. The van der Waals surface area contributed by atoms with Crippen LogP contribution in [0.3, 0.4) is 0 Å². The van der Waals surface area contributed by atoms with Crippen molar-refractivity contribution in [1.82, 2.24) is 4.90 Å². The van der Waals surface area contributed by atoms with Gasteiger partial charge in [-0.05, 0) is 25.0 Å². The van der Waals surface area contributed by atoms with Crippen molar-refractivity contribution in [3.05, 3.63) is 41.5 Å². The monoisotopic (exact) mass is 230 g/mol. The smallest absolute Gasteiger partial charge is 0.227 e. The van der Waals surface area contributed by atoms with Gasteiger partial charge in [-0.3, -0.25) is 4.79 Å². The van der Waals surface area contributed by atoms with Crippen molar-refractivity contribution in [1.29, 1.82) is 0 Å². The Morgan fingerprint density at radius 1 is 1.41 bits per heavy atom. The Morgan fingerprint density at radius 3 is 2.82 bits per heavy atom.